The maximum absolute atomic E-state index is 12.1. The lowest BCUT2D eigenvalue weighted by Gasteiger charge is -2.08. The van der Waals surface area contributed by atoms with Gasteiger partial charge in [0.15, 0.2) is 5.82 Å². The van der Waals surface area contributed by atoms with Crippen molar-refractivity contribution in [3.05, 3.63) is 54.1 Å². The van der Waals surface area contributed by atoms with Gasteiger partial charge in [-0.1, -0.05) is 23.9 Å². The van der Waals surface area contributed by atoms with Crippen LogP contribution in [0.25, 0.3) is 11.4 Å². The number of rotatable bonds is 6. The largest absolute Gasteiger partial charge is 0.496 e. The van der Waals surface area contributed by atoms with Gasteiger partial charge in [-0.15, -0.1) is 10.2 Å². The number of amides is 1. The molecule has 3 N–H and O–H groups in total. The molecular weight excluding hydrogens is 364 g/mol. The molecule has 9 heteroatoms. The van der Waals surface area contributed by atoms with E-state index in [0.717, 1.165) is 0 Å². The second kappa shape index (κ2) is 8.25. The van der Waals surface area contributed by atoms with Crippen molar-refractivity contribution in [2.24, 2.45) is 0 Å². The van der Waals surface area contributed by atoms with Crippen molar-refractivity contribution in [1.82, 2.24) is 14.9 Å². The van der Waals surface area contributed by atoms with E-state index in [4.69, 9.17) is 15.8 Å². The molecule has 0 spiro atoms. The van der Waals surface area contributed by atoms with Gasteiger partial charge in [0.25, 0.3) is 0 Å². The average Bonchev–Trinajstić information content (AvgIpc) is 3.07. The molecule has 136 valence electrons. The van der Waals surface area contributed by atoms with Gasteiger partial charge in [0.1, 0.15) is 5.75 Å². The maximum Gasteiger partial charge on any atom is 0.234 e. The van der Waals surface area contributed by atoms with Crippen LogP contribution in [0.1, 0.15) is 5.56 Å². The second-order valence-electron chi connectivity index (χ2n) is 5.40. The van der Waals surface area contributed by atoms with Gasteiger partial charge in [-0.2, -0.15) is 5.26 Å². The summed E-state index contributed by atoms with van der Waals surface area (Å²) in [7, 11) is 1.57. The molecule has 0 unspecified atom stereocenters. The van der Waals surface area contributed by atoms with Crippen molar-refractivity contribution >= 4 is 23.4 Å². The van der Waals surface area contributed by atoms with Crippen molar-refractivity contribution in [2.75, 3.05) is 24.0 Å². The lowest BCUT2D eigenvalue weighted by Crippen LogP contribution is -2.16. The van der Waals surface area contributed by atoms with E-state index in [1.807, 2.05) is 30.3 Å². The standard InChI is InChI=1S/C18H16N6O2S/c1-26-15-5-3-2-4-14(15)17-22-23-18(24(17)20)27-11-16(25)21-13-8-6-12(10-19)7-9-13/h2-9H,11,20H2,1H3,(H,21,25). The number of aromatic nitrogens is 3. The Balaban J connectivity index is 1.65. The minimum atomic E-state index is -0.216. The molecule has 0 aliphatic carbocycles. The highest BCUT2D eigenvalue weighted by atomic mass is 32.2. The number of hydrogen-bond donors (Lipinski definition) is 2. The molecule has 1 heterocycles. The van der Waals surface area contributed by atoms with E-state index in [2.05, 4.69) is 15.5 Å². The van der Waals surface area contributed by atoms with Crippen molar-refractivity contribution in [2.45, 2.75) is 5.16 Å². The summed E-state index contributed by atoms with van der Waals surface area (Å²) in [6.45, 7) is 0. The Morgan fingerprint density at radius 1 is 1.26 bits per heavy atom. The number of hydrogen-bond acceptors (Lipinski definition) is 7. The number of carbonyl (C=O) groups excluding carboxylic acids is 1. The number of anilines is 1. The minimum absolute atomic E-state index is 0.112. The van der Waals surface area contributed by atoms with Crippen LogP contribution >= 0.6 is 11.8 Å². The quantitative estimate of drug-likeness (QED) is 0.497. The van der Waals surface area contributed by atoms with Gasteiger partial charge in [-0.3, -0.25) is 4.79 Å². The lowest BCUT2D eigenvalue weighted by atomic mass is 10.2. The number of carbonyl (C=O) groups is 1. The fraction of sp³-hybridized carbons (Fsp3) is 0.111. The fourth-order valence-corrected chi connectivity index (χ4v) is 3.00. The molecule has 0 radical (unpaired) electrons. The summed E-state index contributed by atoms with van der Waals surface area (Å²) >= 11 is 1.17. The molecule has 0 atom stereocenters. The number of nitriles is 1. The zero-order valence-electron chi connectivity index (χ0n) is 14.4. The number of methoxy groups -OCH3 is 1. The van der Waals surface area contributed by atoms with E-state index in [9.17, 15) is 4.79 Å². The molecule has 27 heavy (non-hydrogen) atoms. The van der Waals surface area contributed by atoms with Crippen LogP contribution in [0.5, 0.6) is 5.75 Å². The van der Waals surface area contributed by atoms with Gasteiger partial charge in [0.2, 0.25) is 11.1 Å². The Bertz CT molecular complexity index is 994. The zero-order valence-corrected chi connectivity index (χ0v) is 15.2. The third-order valence-electron chi connectivity index (χ3n) is 3.64. The second-order valence-corrected chi connectivity index (χ2v) is 6.34. The molecule has 0 saturated heterocycles. The molecule has 0 fully saturated rings. The van der Waals surface area contributed by atoms with Gasteiger partial charge in [0, 0.05) is 5.69 Å². The van der Waals surface area contributed by atoms with Crippen LogP contribution in [0.4, 0.5) is 5.69 Å². The molecule has 0 aliphatic rings. The normalized spacial score (nSPS) is 10.2. The molecule has 1 amide bonds. The molecule has 0 saturated carbocycles. The van der Waals surface area contributed by atoms with Gasteiger partial charge in [-0.05, 0) is 36.4 Å². The van der Waals surface area contributed by atoms with Crippen molar-refractivity contribution in [3.8, 4) is 23.2 Å². The van der Waals surface area contributed by atoms with Gasteiger partial charge in [0.05, 0.1) is 30.1 Å². The molecule has 3 aromatic rings. The first-order chi connectivity index (χ1) is 13.1. The lowest BCUT2D eigenvalue weighted by molar-refractivity contribution is -0.113. The van der Waals surface area contributed by atoms with E-state index in [-0.39, 0.29) is 11.7 Å². The van der Waals surface area contributed by atoms with Crippen LogP contribution in [0.2, 0.25) is 0 Å². The van der Waals surface area contributed by atoms with Crippen LogP contribution in [-0.4, -0.2) is 33.6 Å². The highest BCUT2D eigenvalue weighted by Crippen LogP contribution is 2.29. The zero-order chi connectivity index (χ0) is 19.2. The Hall–Kier alpha value is -3.51. The average molecular weight is 380 g/mol. The number of nitrogen functional groups attached to an aromatic ring is 1. The molecule has 0 bridgehead atoms. The summed E-state index contributed by atoms with van der Waals surface area (Å²) in [4.78, 5) is 12.1. The van der Waals surface area contributed by atoms with E-state index in [1.165, 1.54) is 16.4 Å². The topological polar surface area (TPSA) is 119 Å². The number of nitrogens with one attached hydrogen (secondary N) is 1. The molecule has 0 aliphatic heterocycles. The van der Waals surface area contributed by atoms with Crippen LogP contribution in [-0.2, 0) is 4.79 Å². The summed E-state index contributed by atoms with van der Waals surface area (Å²) in [5.74, 6) is 7.06. The van der Waals surface area contributed by atoms with Crippen LogP contribution in [0.15, 0.2) is 53.7 Å². The number of para-hydroxylation sites is 1. The molecule has 3 rings (SSSR count). The predicted octanol–water partition coefficient (Wildman–Crippen LogP) is 2.27. The van der Waals surface area contributed by atoms with E-state index in [0.29, 0.717) is 33.5 Å². The van der Waals surface area contributed by atoms with Crippen LogP contribution in [0, 0.1) is 11.3 Å². The predicted molar refractivity (Wildman–Crippen MR) is 103 cm³/mol. The molecular formula is C18H16N6O2S. The minimum Gasteiger partial charge on any atom is -0.496 e. The Morgan fingerprint density at radius 2 is 2.00 bits per heavy atom. The summed E-state index contributed by atoms with van der Waals surface area (Å²) < 4.78 is 6.65. The molecule has 2 aromatic carbocycles. The van der Waals surface area contributed by atoms with Crippen LogP contribution < -0.4 is 15.9 Å². The fourth-order valence-electron chi connectivity index (χ4n) is 2.34. The monoisotopic (exact) mass is 380 g/mol. The Labute approximate surface area is 159 Å². The summed E-state index contributed by atoms with van der Waals surface area (Å²) in [6, 6.07) is 16.0. The highest BCUT2D eigenvalue weighted by molar-refractivity contribution is 7.99. The summed E-state index contributed by atoms with van der Waals surface area (Å²) in [5, 5.41) is 20.1. The van der Waals surface area contributed by atoms with Gasteiger partial charge < -0.3 is 15.9 Å². The number of benzene rings is 2. The molecule has 8 nitrogen and oxygen atoms in total. The van der Waals surface area contributed by atoms with Gasteiger partial charge >= 0.3 is 0 Å². The van der Waals surface area contributed by atoms with Crippen molar-refractivity contribution in [3.63, 3.8) is 0 Å². The number of thioether (sulfide) groups is 1. The van der Waals surface area contributed by atoms with E-state index >= 15 is 0 Å². The van der Waals surface area contributed by atoms with E-state index in [1.54, 1.807) is 31.4 Å². The first-order valence-electron chi connectivity index (χ1n) is 7.89. The van der Waals surface area contributed by atoms with Crippen LogP contribution in [0.3, 0.4) is 0 Å². The first-order valence-corrected chi connectivity index (χ1v) is 8.87. The summed E-state index contributed by atoms with van der Waals surface area (Å²) in [5.41, 5.74) is 1.86. The smallest absolute Gasteiger partial charge is 0.234 e. The maximum atomic E-state index is 12.1. The third-order valence-corrected chi connectivity index (χ3v) is 4.59. The number of ether oxygens (including phenoxy) is 1. The Kier molecular flexibility index (Phi) is 5.58. The first kappa shape index (κ1) is 18.3. The van der Waals surface area contributed by atoms with Crippen molar-refractivity contribution < 1.29 is 9.53 Å². The molecule has 1 aromatic heterocycles. The number of nitrogens with two attached hydrogens (primary N) is 1. The van der Waals surface area contributed by atoms with E-state index < -0.39 is 0 Å². The Morgan fingerprint density at radius 3 is 2.70 bits per heavy atom. The summed E-state index contributed by atoms with van der Waals surface area (Å²) in [6.07, 6.45) is 0. The third kappa shape index (κ3) is 4.19. The van der Waals surface area contributed by atoms with Crippen molar-refractivity contribution in [1.29, 1.82) is 5.26 Å². The SMILES string of the molecule is COc1ccccc1-c1nnc(SCC(=O)Nc2ccc(C#N)cc2)n1N. The van der Waals surface area contributed by atoms with Gasteiger partial charge in [-0.25, -0.2) is 4.68 Å². The number of nitrogens with zero attached hydrogens (tertiary/aromatic N) is 4. The highest BCUT2D eigenvalue weighted by Gasteiger charge is 2.16.